The van der Waals surface area contributed by atoms with Crippen LogP contribution in [0, 0.1) is 0 Å². The number of halogens is 4. The van der Waals surface area contributed by atoms with Crippen LogP contribution in [0.2, 0.25) is 5.02 Å². The van der Waals surface area contributed by atoms with Crippen molar-refractivity contribution in [2.75, 3.05) is 26.2 Å². The van der Waals surface area contributed by atoms with Crippen molar-refractivity contribution in [2.45, 2.75) is 12.7 Å². The molecule has 0 aliphatic carbocycles. The summed E-state index contributed by atoms with van der Waals surface area (Å²) in [5, 5.41) is 8.83. The number of fused-ring (bicyclic) bond motifs is 1. The van der Waals surface area contributed by atoms with E-state index in [9.17, 15) is 18.0 Å². The molecule has 2 aromatic carbocycles. The Morgan fingerprint density at radius 3 is 2.85 bits per heavy atom. The first kappa shape index (κ1) is 22.8. The Balaban J connectivity index is 1.34. The van der Waals surface area contributed by atoms with Gasteiger partial charge in [0.1, 0.15) is 0 Å². The van der Waals surface area contributed by atoms with Crippen LogP contribution in [0.1, 0.15) is 16.7 Å². The molecule has 0 radical (unpaired) electrons. The number of piperazine rings is 1. The summed E-state index contributed by atoms with van der Waals surface area (Å²) in [5.74, 6) is -0.00426. The van der Waals surface area contributed by atoms with E-state index in [4.69, 9.17) is 11.6 Å². The predicted octanol–water partition coefficient (Wildman–Crippen LogP) is 4.63. The highest BCUT2D eigenvalue weighted by Gasteiger charge is 2.33. The smallest absolute Gasteiger partial charge is 0.353 e. The summed E-state index contributed by atoms with van der Waals surface area (Å²) < 4.78 is 41.9. The van der Waals surface area contributed by atoms with Crippen LogP contribution in [0.5, 0.6) is 0 Å². The zero-order valence-electron chi connectivity index (χ0n) is 17.8. The maximum Gasteiger partial charge on any atom is 0.416 e. The molecule has 176 valence electrons. The van der Waals surface area contributed by atoms with Crippen LogP contribution in [-0.4, -0.2) is 51.9 Å². The predicted molar refractivity (Wildman–Crippen MR) is 128 cm³/mol. The fraction of sp³-hybridized carbons (Fsp3) is 0.261. The fourth-order valence-corrected chi connectivity index (χ4v) is 5.13. The van der Waals surface area contributed by atoms with Gasteiger partial charge in [0.15, 0.2) is 5.17 Å². The molecule has 5 rings (SSSR count). The lowest BCUT2D eigenvalue weighted by molar-refractivity contribution is -0.138. The van der Waals surface area contributed by atoms with Crippen molar-refractivity contribution >= 4 is 51.4 Å². The molecule has 34 heavy (non-hydrogen) atoms. The van der Waals surface area contributed by atoms with Crippen LogP contribution in [0.4, 0.5) is 13.2 Å². The van der Waals surface area contributed by atoms with Crippen LogP contribution < -0.4 is 5.32 Å². The van der Waals surface area contributed by atoms with E-state index in [1.54, 1.807) is 22.6 Å². The molecule has 1 saturated heterocycles. The third kappa shape index (κ3) is 4.78. The monoisotopic (exact) mass is 505 g/mol. The average molecular weight is 506 g/mol. The van der Waals surface area contributed by atoms with Crippen molar-refractivity contribution in [1.29, 1.82) is 0 Å². The van der Waals surface area contributed by atoms with Crippen LogP contribution in [0.25, 0.3) is 17.0 Å². The Kier molecular flexibility index (Phi) is 6.03. The van der Waals surface area contributed by atoms with Gasteiger partial charge in [-0.05, 0) is 41.5 Å². The number of hydrogen-bond acceptors (Lipinski definition) is 5. The lowest BCUT2D eigenvalue weighted by Gasteiger charge is -2.27. The van der Waals surface area contributed by atoms with E-state index < -0.39 is 11.7 Å². The molecule has 6 nitrogen and oxygen atoms in total. The van der Waals surface area contributed by atoms with Crippen molar-refractivity contribution in [3.8, 4) is 0 Å². The Labute approximate surface area is 202 Å². The zero-order chi connectivity index (χ0) is 23.9. The molecule has 1 amide bonds. The van der Waals surface area contributed by atoms with Gasteiger partial charge in [-0.3, -0.25) is 14.5 Å². The van der Waals surface area contributed by atoms with E-state index in [0.29, 0.717) is 19.6 Å². The summed E-state index contributed by atoms with van der Waals surface area (Å²) in [4.78, 5) is 19.2. The summed E-state index contributed by atoms with van der Waals surface area (Å²) in [6.45, 7) is 2.19. The Hall–Kier alpha value is -2.98. The number of rotatable bonds is 3. The molecule has 0 unspecified atom stereocenters. The quantitative estimate of drug-likeness (QED) is 0.563. The fourth-order valence-electron chi connectivity index (χ4n) is 3.99. The van der Waals surface area contributed by atoms with Crippen LogP contribution in [0.3, 0.4) is 0 Å². The third-order valence-electron chi connectivity index (χ3n) is 5.59. The van der Waals surface area contributed by atoms with Gasteiger partial charge in [-0.15, -0.1) is 0 Å². The van der Waals surface area contributed by atoms with E-state index in [1.165, 1.54) is 12.1 Å². The molecule has 1 aromatic heterocycles. The average Bonchev–Trinajstić information content (AvgIpc) is 3.41. The number of nitrogens with zero attached hydrogens (tertiary/aromatic N) is 4. The molecule has 2 aliphatic rings. The highest BCUT2D eigenvalue weighted by Crippen LogP contribution is 2.35. The molecule has 0 saturated carbocycles. The number of nitrogens with one attached hydrogen (secondary N) is 1. The number of amidine groups is 1. The molecular formula is C23H19ClF3N5OS. The number of benzene rings is 2. The van der Waals surface area contributed by atoms with Crippen LogP contribution in [0.15, 0.2) is 52.5 Å². The number of carbonyl (C=O) groups excluding carboxylic acids is 1. The van der Waals surface area contributed by atoms with Crippen molar-refractivity contribution < 1.29 is 18.0 Å². The minimum atomic E-state index is -4.50. The second-order valence-electron chi connectivity index (χ2n) is 8.00. The van der Waals surface area contributed by atoms with Crippen molar-refractivity contribution in [3.05, 3.63) is 69.2 Å². The number of amides is 1. The van der Waals surface area contributed by atoms with Gasteiger partial charge in [-0.25, -0.2) is 0 Å². The van der Waals surface area contributed by atoms with Gasteiger partial charge < -0.3 is 10.2 Å². The molecular weight excluding hydrogens is 487 g/mol. The molecule has 1 fully saturated rings. The molecule has 0 spiro atoms. The molecule has 0 bridgehead atoms. The number of aliphatic imine (C=N–C) groups is 1. The summed E-state index contributed by atoms with van der Waals surface area (Å²) in [6, 6.07) is 9.50. The maximum atomic E-state index is 13.5. The summed E-state index contributed by atoms with van der Waals surface area (Å²) in [5.41, 5.74) is 1.03. The highest BCUT2D eigenvalue weighted by atomic mass is 35.5. The van der Waals surface area contributed by atoms with E-state index in [2.05, 4.69) is 15.4 Å². The largest absolute Gasteiger partial charge is 0.416 e. The van der Waals surface area contributed by atoms with Crippen LogP contribution >= 0.6 is 23.4 Å². The molecule has 11 heteroatoms. The normalized spacial score (nSPS) is 18.0. The molecule has 1 N–H and O–H groups in total. The van der Waals surface area contributed by atoms with Gasteiger partial charge in [0, 0.05) is 28.4 Å². The second kappa shape index (κ2) is 8.99. The lowest BCUT2D eigenvalue weighted by atomic mass is 10.1. The second-order valence-corrected chi connectivity index (χ2v) is 9.53. The first-order valence-electron chi connectivity index (χ1n) is 10.5. The number of carbonyl (C=O) groups is 1. The molecule has 3 heterocycles. The van der Waals surface area contributed by atoms with Crippen LogP contribution in [-0.2, 0) is 17.5 Å². The van der Waals surface area contributed by atoms with Crippen molar-refractivity contribution in [3.63, 3.8) is 0 Å². The zero-order valence-corrected chi connectivity index (χ0v) is 19.3. The highest BCUT2D eigenvalue weighted by molar-refractivity contribution is 8.17. The molecule has 3 aromatic rings. The number of alkyl halides is 3. The topological polar surface area (TPSA) is 62.5 Å². The van der Waals surface area contributed by atoms with Crippen molar-refractivity contribution in [2.24, 2.45) is 4.99 Å². The van der Waals surface area contributed by atoms with Gasteiger partial charge in [-0.2, -0.15) is 18.3 Å². The van der Waals surface area contributed by atoms with Gasteiger partial charge in [0.05, 0.1) is 36.9 Å². The summed E-state index contributed by atoms with van der Waals surface area (Å²) in [7, 11) is 0. The van der Waals surface area contributed by atoms with E-state index >= 15 is 0 Å². The minimum Gasteiger partial charge on any atom is -0.353 e. The van der Waals surface area contributed by atoms with Gasteiger partial charge in [-0.1, -0.05) is 35.5 Å². The van der Waals surface area contributed by atoms with E-state index in [-0.39, 0.29) is 23.0 Å². The third-order valence-corrected chi connectivity index (χ3v) is 6.91. The SMILES string of the molecule is O=C1CN(C2=NC/C(=C\c3ccc4c(cnn4Cc4ccc(Cl)cc4C(F)(F)F)c3)S2)CCN1. The first-order valence-corrected chi connectivity index (χ1v) is 11.7. The van der Waals surface area contributed by atoms with E-state index in [1.807, 2.05) is 29.2 Å². The summed E-state index contributed by atoms with van der Waals surface area (Å²) in [6.07, 6.45) is -0.820. The Morgan fingerprint density at radius 2 is 2.06 bits per heavy atom. The molecule has 2 aliphatic heterocycles. The summed E-state index contributed by atoms with van der Waals surface area (Å²) >= 11 is 7.34. The number of hydrogen-bond donors (Lipinski definition) is 1. The molecule has 0 atom stereocenters. The van der Waals surface area contributed by atoms with Gasteiger partial charge >= 0.3 is 6.18 Å². The van der Waals surface area contributed by atoms with Crippen molar-refractivity contribution in [1.82, 2.24) is 20.0 Å². The minimum absolute atomic E-state index is 0.00426. The first-order chi connectivity index (χ1) is 16.3. The Bertz CT molecular complexity index is 1330. The number of thioether (sulfide) groups is 1. The van der Waals surface area contributed by atoms with E-state index in [0.717, 1.165) is 39.2 Å². The standard InChI is InChI=1S/C23H19ClF3N5OS/c24-17-3-2-15(19(9-17)23(25,26)27)12-32-20-4-1-14(7-16(20)10-30-32)8-18-11-29-22(34-18)31-6-5-28-21(33)13-31/h1-4,7-10H,5-6,11-13H2,(H,28,33)/b18-8+. The lowest BCUT2D eigenvalue weighted by Crippen LogP contribution is -2.48. The van der Waals surface area contributed by atoms with Gasteiger partial charge in [0.2, 0.25) is 5.91 Å². The Morgan fingerprint density at radius 1 is 1.21 bits per heavy atom. The maximum absolute atomic E-state index is 13.5. The van der Waals surface area contributed by atoms with Gasteiger partial charge in [0.25, 0.3) is 0 Å². The number of aromatic nitrogens is 2.